The highest BCUT2D eigenvalue weighted by atomic mass is 15.4. The fourth-order valence-corrected chi connectivity index (χ4v) is 11.3. The molecule has 234 valence electrons. The zero-order valence-electron chi connectivity index (χ0n) is 26.0. The van der Waals surface area contributed by atoms with Gasteiger partial charge in [-0.15, -0.1) is 6.58 Å². The monoisotopic (exact) mass is 578 g/mol. The van der Waals surface area contributed by atoms with Crippen molar-refractivity contribution in [2.75, 3.05) is 0 Å². The fourth-order valence-electron chi connectivity index (χ4n) is 11.3. The van der Waals surface area contributed by atoms with Crippen LogP contribution in [0.1, 0.15) is 84.5 Å². The zero-order chi connectivity index (χ0) is 28.4. The van der Waals surface area contributed by atoms with Crippen LogP contribution < -0.4 is 42.5 Å². The molecule has 8 fully saturated rings. The highest BCUT2D eigenvalue weighted by Gasteiger charge is 2.54. The van der Waals surface area contributed by atoms with Crippen LogP contribution in [-0.4, -0.2) is 49.3 Å². The second-order valence-corrected chi connectivity index (χ2v) is 15.5. The third kappa shape index (κ3) is 4.97. The molecule has 0 aromatic carbocycles. The van der Waals surface area contributed by atoms with E-state index in [9.17, 15) is 0 Å². The highest BCUT2D eigenvalue weighted by Crippen LogP contribution is 2.45. The molecule has 42 heavy (non-hydrogen) atoms. The average Bonchev–Trinajstić information content (AvgIpc) is 3.72. The van der Waals surface area contributed by atoms with Gasteiger partial charge in [-0.1, -0.05) is 57.3 Å². The van der Waals surface area contributed by atoms with Crippen molar-refractivity contribution in [1.29, 1.82) is 0 Å². The van der Waals surface area contributed by atoms with Crippen LogP contribution in [0.5, 0.6) is 0 Å². The van der Waals surface area contributed by atoms with Gasteiger partial charge in [0.25, 0.3) is 0 Å². The summed E-state index contributed by atoms with van der Waals surface area (Å²) in [6, 6.07) is 0. The number of fused-ring (bicyclic) bond motifs is 17. The van der Waals surface area contributed by atoms with Crippen LogP contribution in [0.2, 0.25) is 0 Å². The van der Waals surface area contributed by atoms with Gasteiger partial charge in [0.05, 0.1) is 49.3 Å². The number of rotatable bonds is 2. The van der Waals surface area contributed by atoms with Crippen LogP contribution in [0.4, 0.5) is 0 Å². The van der Waals surface area contributed by atoms with Gasteiger partial charge in [-0.3, -0.25) is 42.5 Å². The van der Waals surface area contributed by atoms with Gasteiger partial charge in [0, 0.05) is 11.8 Å². The summed E-state index contributed by atoms with van der Waals surface area (Å²) in [5.74, 6) is 5.64. The minimum atomic E-state index is 0.197. The van der Waals surface area contributed by atoms with E-state index < -0.39 is 0 Å². The molecule has 3 aliphatic carbocycles. The van der Waals surface area contributed by atoms with Crippen LogP contribution in [-0.2, 0) is 0 Å². The summed E-state index contributed by atoms with van der Waals surface area (Å²) < 4.78 is 0. The number of nitrogens with one attached hydrogen (secondary N) is 8. The number of hydrogen-bond donors (Lipinski definition) is 8. The molecule has 5 aliphatic heterocycles. The first kappa shape index (κ1) is 28.6. The van der Waals surface area contributed by atoms with Gasteiger partial charge in [0.2, 0.25) is 0 Å². The average molecular weight is 579 g/mol. The smallest absolute Gasteiger partial charge is 0.0667 e. The number of hydrogen-bond acceptors (Lipinski definition) is 8. The van der Waals surface area contributed by atoms with E-state index in [0.29, 0.717) is 84.3 Å². The van der Waals surface area contributed by atoms with Crippen LogP contribution in [0, 0.1) is 53.3 Å². The van der Waals surface area contributed by atoms with Gasteiger partial charge in [-0.05, 0) is 86.9 Å². The molecule has 0 aromatic rings. The van der Waals surface area contributed by atoms with Gasteiger partial charge >= 0.3 is 0 Å². The first-order chi connectivity index (χ1) is 20.6. The standard InChI is InChI=1S/C34H58N8/c1-4-10-20-19(5-2)27-35-28(20)37-30-22-12-7-8-13-23(22)31(39-30)40-33-25-16-15-18(3)17-26(25)34(42-33)41-32-24-14-9-6-11-21(24)29(36-27)38-32/h4-5,10,18-42H,2,6-9,11-17H2,1,3H3/b10-4-. The van der Waals surface area contributed by atoms with Crippen LogP contribution in [0.3, 0.4) is 0 Å². The first-order valence-electron chi connectivity index (χ1n) is 17.9. The Kier molecular flexibility index (Phi) is 8.06. The zero-order valence-corrected chi connectivity index (χ0v) is 26.0. The quantitative estimate of drug-likeness (QED) is 0.237. The van der Waals surface area contributed by atoms with Gasteiger partial charge in [-0.25, -0.2) is 0 Å². The SMILES string of the molecule is C=CC1C2NC(NC3NC(NC4NC(NC5NC(N2)C2CCCCC52)C2CC(C)CCC42)C2CCCCC32)C1/C=C\C. The lowest BCUT2D eigenvalue weighted by atomic mass is 9.74. The summed E-state index contributed by atoms with van der Waals surface area (Å²) in [6.45, 7) is 9.00. The van der Waals surface area contributed by atoms with E-state index in [4.69, 9.17) is 0 Å². The van der Waals surface area contributed by atoms with Crippen LogP contribution >= 0.6 is 0 Å². The summed E-state index contributed by atoms with van der Waals surface area (Å²) in [5.41, 5.74) is 0. The van der Waals surface area contributed by atoms with Crippen molar-refractivity contribution in [3.63, 3.8) is 0 Å². The van der Waals surface area contributed by atoms with E-state index in [1.807, 2.05) is 0 Å². The van der Waals surface area contributed by atoms with Crippen molar-refractivity contribution in [2.45, 2.75) is 134 Å². The van der Waals surface area contributed by atoms with Crippen molar-refractivity contribution in [3.8, 4) is 0 Å². The van der Waals surface area contributed by atoms with Gasteiger partial charge in [0.1, 0.15) is 0 Å². The van der Waals surface area contributed by atoms with Crippen molar-refractivity contribution >= 4 is 0 Å². The Labute approximate surface area is 254 Å². The normalized spacial score (nSPS) is 55.7. The number of allylic oxidation sites excluding steroid dienone is 1. The molecule has 0 spiro atoms. The molecule has 17 unspecified atom stereocenters. The molecule has 0 radical (unpaired) electrons. The topological polar surface area (TPSA) is 96.2 Å². The lowest BCUT2D eigenvalue weighted by Crippen LogP contribution is -2.61. The molecule has 8 rings (SSSR count). The van der Waals surface area contributed by atoms with Crippen molar-refractivity contribution in [2.24, 2.45) is 53.3 Å². The Morgan fingerprint density at radius 2 is 0.857 bits per heavy atom. The van der Waals surface area contributed by atoms with Gasteiger partial charge in [0.15, 0.2) is 0 Å². The van der Waals surface area contributed by atoms with Gasteiger partial charge in [-0.2, -0.15) is 0 Å². The first-order valence-corrected chi connectivity index (χ1v) is 17.9. The third-order valence-corrected chi connectivity index (χ3v) is 13.3. The van der Waals surface area contributed by atoms with Crippen LogP contribution in [0.15, 0.2) is 24.8 Å². The molecule has 0 amide bonds. The predicted molar refractivity (Wildman–Crippen MR) is 168 cm³/mol. The molecule has 8 bridgehead atoms. The molecule has 8 heteroatoms. The molecule has 3 saturated carbocycles. The predicted octanol–water partition coefficient (Wildman–Crippen LogP) is 3.04. The van der Waals surface area contributed by atoms with Crippen molar-refractivity contribution in [1.82, 2.24) is 42.5 Å². The van der Waals surface area contributed by atoms with E-state index in [-0.39, 0.29) is 12.3 Å². The maximum absolute atomic E-state index is 4.35. The Hall–Kier alpha value is -0.840. The summed E-state index contributed by atoms with van der Waals surface area (Å²) >= 11 is 0. The second-order valence-electron chi connectivity index (χ2n) is 15.5. The minimum absolute atomic E-state index is 0.197. The Morgan fingerprint density at radius 3 is 1.31 bits per heavy atom. The molecule has 8 N–H and O–H groups in total. The van der Waals surface area contributed by atoms with E-state index >= 15 is 0 Å². The van der Waals surface area contributed by atoms with Gasteiger partial charge < -0.3 is 0 Å². The third-order valence-electron chi connectivity index (χ3n) is 13.3. The molecule has 0 aromatic heterocycles. The van der Waals surface area contributed by atoms with E-state index in [2.05, 4.69) is 81.2 Å². The summed E-state index contributed by atoms with van der Waals surface area (Å²) in [5, 5.41) is 33.3. The maximum atomic E-state index is 4.35. The van der Waals surface area contributed by atoms with E-state index in [0.717, 1.165) is 5.92 Å². The summed E-state index contributed by atoms with van der Waals surface area (Å²) in [7, 11) is 0. The summed E-state index contributed by atoms with van der Waals surface area (Å²) in [4.78, 5) is 0. The van der Waals surface area contributed by atoms with Crippen molar-refractivity contribution < 1.29 is 0 Å². The maximum Gasteiger partial charge on any atom is 0.0667 e. The Balaban J connectivity index is 1.14. The van der Waals surface area contributed by atoms with E-state index in [1.54, 1.807) is 0 Å². The molecular weight excluding hydrogens is 520 g/mol. The Morgan fingerprint density at radius 1 is 0.476 bits per heavy atom. The Bertz CT molecular complexity index is 1000. The minimum Gasteiger partial charge on any atom is -0.286 e. The van der Waals surface area contributed by atoms with Crippen molar-refractivity contribution in [3.05, 3.63) is 24.8 Å². The largest absolute Gasteiger partial charge is 0.286 e. The van der Waals surface area contributed by atoms with E-state index in [1.165, 1.54) is 70.6 Å². The molecule has 8 nitrogen and oxygen atoms in total. The molecule has 5 heterocycles. The lowest BCUT2D eigenvalue weighted by molar-refractivity contribution is 0.151. The lowest BCUT2D eigenvalue weighted by Gasteiger charge is -2.36. The second kappa shape index (κ2) is 11.8. The molecule has 8 aliphatic rings. The molecule has 17 atom stereocenters. The summed E-state index contributed by atoms with van der Waals surface area (Å²) in [6.07, 6.45) is 24.2. The van der Waals surface area contributed by atoms with Crippen LogP contribution in [0.25, 0.3) is 0 Å². The fraction of sp³-hybridized carbons (Fsp3) is 0.882. The highest BCUT2D eigenvalue weighted by molar-refractivity contribution is 5.13. The molecular formula is C34H58N8. The molecule has 5 saturated heterocycles.